The van der Waals surface area contributed by atoms with Crippen molar-refractivity contribution in [3.8, 4) is 0 Å². The number of likely N-dealkylation sites (tertiary alicyclic amines) is 1. The summed E-state index contributed by atoms with van der Waals surface area (Å²) in [5, 5.41) is 11.9. The number of urea groups is 1. The van der Waals surface area contributed by atoms with Crippen LogP contribution in [0.1, 0.15) is 42.6 Å². The van der Waals surface area contributed by atoms with Crippen molar-refractivity contribution < 1.29 is 14.7 Å². The average Bonchev–Trinajstić information content (AvgIpc) is 2.43. The van der Waals surface area contributed by atoms with Crippen LogP contribution in [0.25, 0.3) is 0 Å². The van der Waals surface area contributed by atoms with E-state index in [1.807, 2.05) is 4.90 Å². The van der Waals surface area contributed by atoms with Gasteiger partial charge in [0.15, 0.2) is 0 Å². The molecule has 5 nitrogen and oxygen atoms in total. The summed E-state index contributed by atoms with van der Waals surface area (Å²) in [4.78, 5) is 25.3. The minimum Gasteiger partial charge on any atom is -0.478 e. The van der Waals surface area contributed by atoms with Crippen molar-refractivity contribution in [1.82, 2.24) is 4.90 Å². The zero-order chi connectivity index (χ0) is 15.6. The SMILES string of the molecule is Cc1ccc(NC(=O)N2CCCC(C)C2C)cc1C(=O)O. The van der Waals surface area contributed by atoms with Gasteiger partial charge in [0, 0.05) is 18.3 Å². The second-order valence-electron chi connectivity index (χ2n) is 5.82. The second-order valence-corrected chi connectivity index (χ2v) is 5.82. The first-order chi connectivity index (χ1) is 9.90. The molecule has 21 heavy (non-hydrogen) atoms. The maximum atomic E-state index is 12.4. The summed E-state index contributed by atoms with van der Waals surface area (Å²) >= 11 is 0. The summed E-state index contributed by atoms with van der Waals surface area (Å²) in [7, 11) is 0. The predicted molar refractivity (Wildman–Crippen MR) is 81.7 cm³/mol. The van der Waals surface area contributed by atoms with Crippen LogP contribution >= 0.6 is 0 Å². The summed E-state index contributed by atoms with van der Waals surface area (Å²) in [6.45, 7) is 6.69. The molecule has 0 spiro atoms. The van der Waals surface area contributed by atoms with Crippen LogP contribution in [0, 0.1) is 12.8 Å². The van der Waals surface area contributed by atoms with E-state index in [0.717, 1.165) is 19.4 Å². The molecule has 5 heteroatoms. The molecule has 114 valence electrons. The number of aryl methyl sites for hydroxylation is 1. The van der Waals surface area contributed by atoms with E-state index in [4.69, 9.17) is 5.11 Å². The van der Waals surface area contributed by atoms with Gasteiger partial charge >= 0.3 is 12.0 Å². The van der Waals surface area contributed by atoms with Gasteiger partial charge in [-0.3, -0.25) is 0 Å². The Kier molecular flexibility index (Phi) is 4.50. The summed E-state index contributed by atoms with van der Waals surface area (Å²) in [5.74, 6) is -0.499. The summed E-state index contributed by atoms with van der Waals surface area (Å²) < 4.78 is 0. The van der Waals surface area contributed by atoms with E-state index in [0.29, 0.717) is 17.2 Å². The summed E-state index contributed by atoms with van der Waals surface area (Å²) in [6.07, 6.45) is 2.14. The minimum atomic E-state index is -0.983. The van der Waals surface area contributed by atoms with E-state index in [1.165, 1.54) is 6.07 Å². The quantitative estimate of drug-likeness (QED) is 0.877. The number of carboxylic acids is 1. The number of rotatable bonds is 2. The molecular formula is C16H22N2O3. The Morgan fingerprint density at radius 1 is 1.33 bits per heavy atom. The fourth-order valence-corrected chi connectivity index (χ4v) is 2.75. The molecule has 1 aromatic carbocycles. The standard InChI is InChI=1S/C16H22N2O3/c1-10-5-4-8-18(12(10)3)16(21)17-13-7-6-11(2)14(9-13)15(19)20/h6-7,9-10,12H,4-5,8H2,1-3H3,(H,17,21)(H,19,20). The molecule has 0 aliphatic carbocycles. The van der Waals surface area contributed by atoms with Crippen molar-refractivity contribution in [3.63, 3.8) is 0 Å². The number of benzene rings is 1. The lowest BCUT2D eigenvalue weighted by Crippen LogP contribution is -2.47. The van der Waals surface area contributed by atoms with E-state index in [9.17, 15) is 9.59 Å². The zero-order valence-corrected chi connectivity index (χ0v) is 12.7. The van der Waals surface area contributed by atoms with E-state index in [2.05, 4.69) is 19.2 Å². The first kappa shape index (κ1) is 15.4. The highest BCUT2D eigenvalue weighted by atomic mass is 16.4. The van der Waals surface area contributed by atoms with Crippen molar-refractivity contribution in [2.24, 2.45) is 5.92 Å². The van der Waals surface area contributed by atoms with Gasteiger partial charge in [0.2, 0.25) is 0 Å². The molecule has 2 rings (SSSR count). The zero-order valence-electron chi connectivity index (χ0n) is 12.7. The Labute approximate surface area is 125 Å². The number of nitrogens with one attached hydrogen (secondary N) is 1. The van der Waals surface area contributed by atoms with E-state index >= 15 is 0 Å². The molecule has 0 bridgehead atoms. The van der Waals surface area contributed by atoms with Crippen LogP contribution in [0.5, 0.6) is 0 Å². The lowest BCUT2D eigenvalue weighted by Gasteiger charge is -2.37. The summed E-state index contributed by atoms with van der Waals surface area (Å²) in [6, 6.07) is 4.99. The number of hydrogen-bond donors (Lipinski definition) is 2. The molecule has 1 aromatic rings. The molecule has 1 heterocycles. The number of aromatic carboxylic acids is 1. The molecule has 2 N–H and O–H groups in total. The van der Waals surface area contributed by atoms with E-state index < -0.39 is 5.97 Å². The number of amides is 2. The molecule has 0 radical (unpaired) electrons. The van der Waals surface area contributed by atoms with Gasteiger partial charge in [-0.2, -0.15) is 0 Å². The molecule has 2 amide bonds. The van der Waals surface area contributed by atoms with Crippen LogP contribution in [0.3, 0.4) is 0 Å². The Hall–Kier alpha value is -2.04. The second kappa shape index (κ2) is 6.16. The van der Waals surface area contributed by atoms with Crippen molar-refractivity contribution >= 4 is 17.7 Å². The molecule has 1 aliphatic heterocycles. The Morgan fingerprint density at radius 2 is 2.05 bits per heavy atom. The van der Waals surface area contributed by atoms with Crippen LogP contribution in [-0.4, -0.2) is 34.6 Å². The van der Waals surface area contributed by atoms with Crippen molar-refractivity contribution in [2.45, 2.75) is 39.7 Å². The maximum absolute atomic E-state index is 12.4. The fourth-order valence-electron chi connectivity index (χ4n) is 2.75. The molecule has 0 saturated carbocycles. The molecule has 2 atom stereocenters. The molecule has 1 fully saturated rings. The van der Waals surface area contributed by atoms with Crippen LogP contribution in [0.15, 0.2) is 18.2 Å². The summed E-state index contributed by atoms with van der Waals surface area (Å²) in [5.41, 5.74) is 1.42. The smallest absolute Gasteiger partial charge is 0.336 e. The third kappa shape index (κ3) is 3.35. The monoisotopic (exact) mass is 290 g/mol. The highest BCUT2D eigenvalue weighted by Crippen LogP contribution is 2.24. The molecule has 1 saturated heterocycles. The Bertz CT molecular complexity index is 556. The van der Waals surface area contributed by atoms with Gasteiger partial charge in [-0.1, -0.05) is 13.0 Å². The number of nitrogens with zero attached hydrogens (tertiary/aromatic N) is 1. The number of piperidine rings is 1. The maximum Gasteiger partial charge on any atom is 0.336 e. The van der Waals surface area contributed by atoms with E-state index in [1.54, 1.807) is 19.1 Å². The molecule has 2 unspecified atom stereocenters. The van der Waals surface area contributed by atoms with E-state index in [-0.39, 0.29) is 17.6 Å². The third-order valence-corrected chi connectivity index (χ3v) is 4.35. The Balaban J connectivity index is 2.12. The molecular weight excluding hydrogens is 268 g/mol. The van der Waals surface area contributed by atoms with Crippen LogP contribution in [-0.2, 0) is 0 Å². The number of carbonyl (C=O) groups excluding carboxylic acids is 1. The largest absolute Gasteiger partial charge is 0.478 e. The lowest BCUT2D eigenvalue weighted by molar-refractivity contribution is 0.0696. The lowest BCUT2D eigenvalue weighted by atomic mass is 9.92. The fraction of sp³-hybridized carbons (Fsp3) is 0.500. The highest BCUT2D eigenvalue weighted by molar-refractivity contribution is 5.94. The van der Waals surface area contributed by atoms with Crippen molar-refractivity contribution in [3.05, 3.63) is 29.3 Å². The number of anilines is 1. The average molecular weight is 290 g/mol. The number of hydrogen-bond acceptors (Lipinski definition) is 2. The van der Waals surface area contributed by atoms with Gasteiger partial charge in [-0.05, 0) is 50.3 Å². The van der Waals surface area contributed by atoms with Gasteiger partial charge in [-0.15, -0.1) is 0 Å². The topological polar surface area (TPSA) is 69.6 Å². The van der Waals surface area contributed by atoms with Gasteiger partial charge in [0.1, 0.15) is 0 Å². The number of carbonyl (C=O) groups is 2. The molecule has 1 aliphatic rings. The third-order valence-electron chi connectivity index (χ3n) is 4.35. The van der Waals surface area contributed by atoms with Crippen LogP contribution in [0.2, 0.25) is 0 Å². The van der Waals surface area contributed by atoms with Crippen molar-refractivity contribution in [2.75, 3.05) is 11.9 Å². The van der Waals surface area contributed by atoms with Crippen LogP contribution in [0.4, 0.5) is 10.5 Å². The van der Waals surface area contributed by atoms with Gasteiger partial charge < -0.3 is 15.3 Å². The number of carboxylic acid groups (broad SMARTS) is 1. The minimum absolute atomic E-state index is 0.158. The van der Waals surface area contributed by atoms with Gasteiger partial charge in [0.05, 0.1) is 5.56 Å². The predicted octanol–water partition coefficient (Wildman–Crippen LogP) is 3.35. The first-order valence-corrected chi connectivity index (χ1v) is 7.31. The van der Waals surface area contributed by atoms with Crippen molar-refractivity contribution in [1.29, 1.82) is 0 Å². The Morgan fingerprint density at radius 3 is 2.71 bits per heavy atom. The normalized spacial score (nSPS) is 22.0. The van der Waals surface area contributed by atoms with Gasteiger partial charge in [-0.25, -0.2) is 9.59 Å². The highest BCUT2D eigenvalue weighted by Gasteiger charge is 2.28. The first-order valence-electron chi connectivity index (χ1n) is 7.31. The van der Waals surface area contributed by atoms with Crippen LogP contribution < -0.4 is 5.32 Å². The molecule has 0 aromatic heterocycles. The van der Waals surface area contributed by atoms with Gasteiger partial charge in [0.25, 0.3) is 0 Å².